The van der Waals surface area contributed by atoms with Gasteiger partial charge < -0.3 is 10.2 Å². The topological polar surface area (TPSA) is 32.3 Å². The summed E-state index contributed by atoms with van der Waals surface area (Å²) in [5, 5.41) is 3.31. The number of anilines is 1. The van der Waals surface area contributed by atoms with Crippen molar-refractivity contribution in [3.05, 3.63) is 30.3 Å². The molecule has 4 heteroatoms. The Labute approximate surface area is 126 Å². The fourth-order valence-corrected chi connectivity index (χ4v) is 2.58. The summed E-state index contributed by atoms with van der Waals surface area (Å²) in [6.07, 6.45) is 0.418. The molecule has 1 aliphatic heterocycles. The minimum Gasteiger partial charge on any atom is -0.316 e. The highest BCUT2D eigenvalue weighted by Gasteiger charge is 2.30. The highest BCUT2D eigenvalue weighted by atomic mass is 35.5. The van der Waals surface area contributed by atoms with Crippen LogP contribution in [0.1, 0.15) is 30.7 Å². The molecule has 1 N–H and O–H groups in total. The number of nitrogens with one attached hydrogen (secondary N) is 1. The van der Waals surface area contributed by atoms with Gasteiger partial charge in [0.1, 0.15) is 0 Å². The molecule has 0 saturated carbocycles. The molecule has 1 saturated heterocycles. The first-order chi connectivity index (χ1) is 9.88. The molecule has 2 atom stereocenters. The molecule has 1 aliphatic rings. The Morgan fingerprint density at radius 3 is 2.84 bits per heavy atom. The Morgan fingerprint density at radius 1 is 1.47 bits per heavy atom. The zero-order valence-electron chi connectivity index (χ0n) is 14.1. The number of para-hydroxylation sites is 1. The van der Waals surface area contributed by atoms with Gasteiger partial charge in [0, 0.05) is 22.3 Å². The molecule has 0 aliphatic carbocycles. The monoisotopic (exact) mass is 285 g/mol. The molecule has 0 aromatic heterocycles. The second kappa shape index (κ2) is 7.51. The Balaban J connectivity index is 0.00000242. The number of benzene rings is 1. The van der Waals surface area contributed by atoms with Crippen LogP contribution in [0, 0.1) is 5.92 Å². The molecule has 19 heavy (non-hydrogen) atoms. The average Bonchev–Trinajstić information content (AvgIpc) is 2.40. The van der Waals surface area contributed by atoms with Crippen LogP contribution < -0.4 is 10.2 Å². The van der Waals surface area contributed by atoms with E-state index in [1.54, 1.807) is 4.90 Å². The molecule has 0 bridgehead atoms. The van der Waals surface area contributed by atoms with Crippen molar-refractivity contribution in [3.63, 3.8) is 0 Å². The van der Waals surface area contributed by atoms with E-state index < -0.39 is 13.3 Å². The summed E-state index contributed by atoms with van der Waals surface area (Å²) in [7, 11) is 0. The number of carbonyl (C=O) groups excluding carboxylic acids is 1. The molecule has 1 amide bonds. The van der Waals surface area contributed by atoms with Gasteiger partial charge in [-0.1, -0.05) is 32.0 Å². The van der Waals surface area contributed by atoms with Crippen LogP contribution in [0.5, 0.6) is 0 Å². The van der Waals surface area contributed by atoms with Gasteiger partial charge in [-0.25, -0.2) is 0 Å². The van der Waals surface area contributed by atoms with E-state index >= 15 is 0 Å². The van der Waals surface area contributed by atoms with Crippen LogP contribution in [0.2, 0.25) is 0 Å². The summed E-state index contributed by atoms with van der Waals surface area (Å²) >= 11 is 0. The number of amides is 1. The van der Waals surface area contributed by atoms with Crippen LogP contribution in [0.25, 0.3) is 0 Å². The van der Waals surface area contributed by atoms with Crippen LogP contribution in [0.15, 0.2) is 30.3 Å². The Kier molecular flexibility index (Phi) is 4.64. The van der Waals surface area contributed by atoms with Gasteiger partial charge in [-0.15, -0.1) is 12.4 Å². The molecule has 1 fully saturated rings. The van der Waals surface area contributed by atoms with Crippen molar-refractivity contribution in [1.29, 1.82) is 0 Å². The van der Waals surface area contributed by atoms with Crippen molar-refractivity contribution < 1.29 is 8.91 Å². The van der Waals surface area contributed by atoms with Crippen molar-refractivity contribution >= 4 is 24.0 Å². The van der Waals surface area contributed by atoms with Crippen LogP contribution in [-0.2, 0) is 4.79 Å². The van der Waals surface area contributed by atoms with Gasteiger partial charge in [0.25, 0.3) is 0 Å². The average molecular weight is 286 g/mol. The second-order valence-electron chi connectivity index (χ2n) is 4.81. The van der Waals surface area contributed by atoms with Crippen molar-refractivity contribution in [2.75, 3.05) is 18.0 Å². The molecule has 0 spiro atoms. The molecule has 106 valence electrons. The zero-order chi connectivity index (χ0) is 15.5. The molecular weight excluding hydrogens is 260 g/mol. The molecule has 2 rings (SSSR count). The number of hydrogen-bond donors (Lipinski definition) is 1. The SMILES string of the molecule is Cl.[2H]C([2H])([2H])CC(=O)N(c1ccccc1)[C@@H]1CCNC[C@@H]1C. The lowest BCUT2D eigenvalue weighted by atomic mass is 9.93. The Hall–Kier alpha value is -1.06. The number of carbonyl (C=O) groups is 1. The van der Waals surface area contributed by atoms with E-state index in [-0.39, 0.29) is 24.4 Å². The fourth-order valence-electron chi connectivity index (χ4n) is 2.58. The number of hydrogen-bond acceptors (Lipinski definition) is 2. The van der Waals surface area contributed by atoms with Gasteiger partial charge >= 0.3 is 0 Å². The summed E-state index contributed by atoms with van der Waals surface area (Å²) in [6, 6.07) is 9.41. The normalized spacial score (nSPS) is 25.4. The lowest BCUT2D eigenvalue weighted by molar-refractivity contribution is -0.119. The van der Waals surface area contributed by atoms with Crippen molar-refractivity contribution in [2.24, 2.45) is 5.92 Å². The molecule has 1 aromatic rings. The van der Waals surface area contributed by atoms with Crippen LogP contribution in [-0.4, -0.2) is 25.0 Å². The van der Waals surface area contributed by atoms with Crippen molar-refractivity contribution in [2.45, 2.75) is 32.7 Å². The fraction of sp³-hybridized carbons (Fsp3) is 0.533. The number of nitrogens with zero attached hydrogens (tertiary/aromatic N) is 1. The highest BCUT2D eigenvalue weighted by Crippen LogP contribution is 2.25. The number of rotatable bonds is 3. The van der Waals surface area contributed by atoms with Gasteiger partial charge in [0.05, 0.1) is 0 Å². The van der Waals surface area contributed by atoms with E-state index in [1.165, 1.54) is 0 Å². The summed E-state index contributed by atoms with van der Waals surface area (Å²) < 4.78 is 22.1. The van der Waals surface area contributed by atoms with E-state index in [1.807, 2.05) is 30.3 Å². The summed E-state index contributed by atoms with van der Waals surface area (Å²) in [5.41, 5.74) is 0.783. The third kappa shape index (κ3) is 3.71. The van der Waals surface area contributed by atoms with E-state index in [9.17, 15) is 4.79 Å². The minimum atomic E-state index is -2.24. The van der Waals surface area contributed by atoms with E-state index in [2.05, 4.69) is 12.2 Å². The van der Waals surface area contributed by atoms with E-state index in [4.69, 9.17) is 4.11 Å². The molecule has 0 unspecified atom stereocenters. The van der Waals surface area contributed by atoms with Gasteiger partial charge in [-0.3, -0.25) is 4.79 Å². The third-order valence-electron chi connectivity index (χ3n) is 3.53. The highest BCUT2D eigenvalue weighted by molar-refractivity contribution is 5.93. The summed E-state index contributed by atoms with van der Waals surface area (Å²) in [4.78, 5) is 14.2. The summed E-state index contributed by atoms with van der Waals surface area (Å²) in [6.45, 7) is 1.55. The zero-order valence-corrected chi connectivity index (χ0v) is 12.0. The molecule has 0 radical (unpaired) electrons. The van der Waals surface area contributed by atoms with Gasteiger partial charge in [0.2, 0.25) is 5.91 Å². The van der Waals surface area contributed by atoms with Gasteiger partial charge in [-0.05, 0) is 37.6 Å². The Morgan fingerprint density at radius 2 is 2.21 bits per heavy atom. The molecular formula is C15H23ClN2O. The maximum absolute atomic E-state index is 12.5. The predicted octanol–water partition coefficient (Wildman–Crippen LogP) is 2.85. The Bertz CT molecular complexity index is 481. The minimum absolute atomic E-state index is 0. The second-order valence-corrected chi connectivity index (χ2v) is 4.81. The van der Waals surface area contributed by atoms with E-state index in [0.29, 0.717) is 5.92 Å². The molecule has 3 nitrogen and oxygen atoms in total. The number of piperidine rings is 1. The van der Waals surface area contributed by atoms with Crippen molar-refractivity contribution in [3.8, 4) is 0 Å². The van der Waals surface area contributed by atoms with Crippen LogP contribution in [0.4, 0.5) is 5.69 Å². The molecule has 1 heterocycles. The first-order valence-electron chi connectivity index (χ1n) is 7.96. The molecule has 1 aromatic carbocycles. The first kappa shape index (κ1) is 11.7. The maximum atomic E-state index is 12.5. The maximum Gasteiger partial charge on any atom is 0.226 e. The largest absolute Gasteiger partial charge is 0.316 e. The van der Waals surface area contributed by atoms with Gasteiger partial charge in [-0.2, -0.15) is 0 Å². The standard InChI is InChI=1S/C15H22N2O.ClH/c1-3-15(18)17(13-7-5-4-6-8-13)14-9-10-16-11-12(14)2;/h4-8,12,14,16H,3,9-11H2,1-2H3;1H/t12-,14+;/m0./s1/i1D3;. The predicted molar refractivity (Wildman–Crippen MR) is 81.9 cm³/mol. The van der Waals surface area contributed by atoms with Crippen molar-refractivity contribution in [1.82, 2.24) is 5.32 Å². The summed E-state index contributed by atoms with van der Waals surface area (Å²) in [5.74, 6) is -0.0283. The third-order valence-corrected chi connectivity index (χ3v) is 3.53. The van der Waals surface area contributed by atoms with E-state index in [0.717, 1.165) is 25.2 Å². The lowest BCUT2D eigenvalue weighted by Crippen LogP contribution is -2.51. The number of halogens is 1. The first-order valence-corrected chi connectivity index (χ1v) is 6.46. The smallest absolute Gasteiger partial charge is 0.226 e. The van der Waals surface area contributed by atoms with Crippen LogP contribution >= 0.6 is 12.4 Å². The lowest BCUT2D eigenvalue weighted by Gasteiger charge is -2.39. The van der Waals surface area contributed by atoms with Crippen LogP contribution in [0.3, 0.4) is 0 Å². The van der Waals surface area contributed by atoms with Gasteiger partial charge in [0.15, 0.2) is 0 Å². The quantitative estimate of drug-likeness (QED) is 0.926.